The SMILES string of the molecule is COc1cc(CNCC2(SC)CCC2)cc2c1OCCO2. The minimum Gasteiger partial charge on any atom is -0.493 e. The van der Waals surface area contributed by atoms with Gasteiger partial charge in [0, 0.05) is 17.8 Å². The summed E-state index contributed by atoms with van der Waals surface area (Å²) < 4.78 is 17.2. The van der Waals surface area contributed by atoms with Gasteiger partial charge in [0.25, 0.3) is 0 Å². The molecule has 1 N–H and O–H groups in total. The van der Waals surface area contributed by atoms with Crippen LogP contribution in [0, 0.1) is 0 Å². The van der Waals surface area contributed by atoms with Gasteiger partial charge in [0.1, 0.15) is 13.2 Å². The molecule has 1 aliphatic heterocycles. The quantitative estimate of drug-likeness (QED) is 0.875. The summed E-state index contributed by atoms with van der Waals surface area (Å²) in [6.07, 6.45) is 6.23. The van der Waals surface area contributed by atoms with Gasteiger partial charge >= 0.3 is 0 Å². The van der Waals surface area contributed by atoms with Crippen molar-refractivity contribution >= 4 is 11.8 Å². The van der Waals surface area contributed by atoms with E-state index in [1.54, 1.807) is 7.11 Å². The van der Waals surface area contributed by atoms with Crippen LogP contribution >= 0.6 is 11.8 Å². The van der Waals surface area contributed by atoms with Crippen molar-refractivity contribution < 1.29 is 14.2 Å². The first-order chi connectivity index (χ1) is 10.3. The molecule has 21 heavy (non-hydrogen) atoms. The zero-order valence-electron chi connectivity index (χ0n) is 12.7. The molecule has 1 aliphatic carbocycles. The van der Waals surface area contributed by atoms with Gasteiger partial charge in [-0.05, 0) is 36.8 Å². The maximum Gasteiger partial charge on any atom is 0.203 e. The molecule has 0 amide bonds. The number of methoxy groups -OCH3 is 1. The third-order valence-electron chi connectivity index (χ3n) is 4.36. The number of rotatable bonds is 6. The normalized spacial score (nSPS) is 19.0. The van der Waals surface area contributed by atoms with Crippen molar-refractivity contribution in [3.05, 3.63) is 17.7 Å². The number of benzene rings is 1. The lowest BCUT2D eigenvalue weighted by Gasteiger charge is -2.40. The summed E-state index contributed by atoms with van der Waals surface area (Å²) in [5.74, 6) is 2.28. The maximum atomic E-state index is 5.67. The van der Waals surface area contributed by atoms with Gasteiger partial charge < -0.3 is 19.5 Å². The summed E-state index contributed by atoms with van der Waals surface area (Å²) in [5, 5.41) is 3.58. The Morgan fingerprint density at radius 3 is 2.76 bits per heavy atom. The minimum absolute atomic E-state index is 0.456. The fourth-order valence-electron chi connectivity index (χ4n) is 2.89. The molecule has 0 atom stereocenters. The van der Waals surface area contributed by atoms with E-state index >= 15 is 0 Å². The van der Waals surface area contributed by atoms with Crippen LogP contribution in [0.15, 0.2) is 12.1 Å². The topological polar surface area (TPSA) is 39.7 Å². The van der Waals surface area contributed by atoms with Crippen molar-refractivity contribution in [2.75, 3.05) is 33.1 Å². The smallest absolute Gasteiger partial charge is 0.203 e. The zero-order chi connectivity index (χ0) is 14.7. The molecule has 1 fully saturated rings. The van der Waals surface area contributed by atoms with E-state index in [4.69, 9.17) is 14.2 Å². The van der Waals surface area contributed by atoms with Gasteiger partial charge in [0.05, 0.1) is 7.11 Å². The summed E-state index contributed by atoms with van der Waals surface area (Å²) in [6.45, 7) is 3.07. The molecule has 1 aromatic rings. The van der Waals surface area contributed by atoms with Crippen LogP contribution in [0.2, 0.25) is 0 Å². The highest BCUT2D eigenvalue weighted by Crippen LogP contribution is 2.42. The summed E-state index contributed by atoms with van der Waals surface area (Å²) in [5.41, 5.74) is 1.17. The van der Waals surface area contributed by atoms with E-state index in [9.17, 15) is 0 Å². The highest BCUT2D eigenvalue weighted by atomic mass is 32.2. The first kappa shape index (κ1) is 14.9. The Morgan fingerprint density at radius 2 is 2.10 bits per heavy atom. The van der Waals surface area contributed by atoms with Crippen molar-refractivity contribution in [1.82, 2.24) is 5.32 Å². The standard InChI is InChI=1S/C16H23NO3S/c1-18-13-8-12(9-14-15(13)20-7-6-19-14)10-17-11-16(21-2)4-3-5-16/h8-9,17H,3-7,10-11H2,1-2H3. The van der Waals surface area contributed by atoms with Crippen LogP contribution in [0.25, 0.3) is 0 Å². The van der Waals surface area contributed by atoms with Gasteiger partial charge in [-0.15, -0.1) is 0 Å². The Kier molecular flexibility index (Phi) is 4.50. The van der Waals surface area contributed by atoms with Crippen molar-refractivity contribution in [2.45, 2.75) is 30.6 Å². The van der Waals surface area contributed by atoms with Gasteiger partial charge in [-0.3, -0.25) is 0 Å². The number of fused-ring (bicyclic) bond motifs is 1. The Hall–Kier alpha value is -1.07. The Morgan fingerprint density at radius 1 is 1.29 bits per heavy atom. The van der Waals surface area contributed by atoms with Gasteiger partial charge in [0.15, 0.2) is 11.5 Å². The lowest BCUT2D eigenvalue weighted by atomic mass is 9.84. The van der Waals surface area contributed by atoms with E-state index in [1.807, 2.05) is 17.8 Å². The Balaban J connectivity index is 1.65. The average Bonchev–Trinajstić information content (AvgIpc) is 2.49. The van der Waals surface area contributed by atoms with E-state index in [0.29, 0.717) is 18.0 Å². The summed E-state index contributed by atoms with van der Waals surface area (Å²) in [7, 11) is 1.67. The predicted octanol–water partition coefficient (Wildman–Crippen LogP) is 2.84. The van der Waals surface area contributed by atoms with E-state index < -0.39 is 0 Å². The van der Waals surface area contributed by atoms with Gasteiger partial charge in [0.2, 0.25) is 5.75 Å². The molecule has 1 aromatic carbocycles. The molecule has 5 heteroatoms. The van der Waals surface area contributed by atoms with Crippen molar-refractivity contribution in [2.24, 2.45) is 0 Å². The second-order valence-electron chi connectivity index (χ2n) is 5.67. The predicted molar refractivity (Wildman–Crippen MR) is 85.8 cm³/mol. The van der Waals surface area contributed by atoms with Crippen LogP contribution in [-0.2, 0) is 6.54 Å². The third kappa shape index (κ3) is 3.09. The van der Waals surface area contributed by atoms with E-state index in [1.165, 1.54) is 24.8 Å². The van der Waals surface area contributed by atoms with Crippen LogP contribution in [0.5, 0.6) is 17.2 Å². The molecule has 0 spiro atoms. The minimum atomic E-state index is 0.456. The number of thioether (sulfide) groups is 1. The zero-order valence-corrected chi connectivity index (χ0v) is 13.6. The second-order valence-corrected chi connectivity index (χ2v) is 6.94. The van der Waals surface area contributed by atoms with Crippen LogP contribution in [0.1, 0.15) is 24.8 Å². The summed E-state index contributed by atoms with van der Waals surface area (Å²) >= 11 is 1.99. The maximum absolute atomic E-state index is 5.67. The first-order valence-electron chi connectivity index (χ1n) is 7.49. The fraction of sp³-hybridized carbons (Fsp3) is 0.625. The van der Waals surface area contributed by atoms with E-state index in [-0.39, 0.29) is 0 Å². The van der Waals surface area contributed by atoms with Crippen LogP contribution < -0.4 is 19.5 Å². The van der Waals surface area contributed by atoms with E-state index in [0.717, 1.165) is 30.3 Å². The molecule has 116 valence electrons. The first-order valence-corrected chi connectivity index (χ1v) is 8.71. The highest BCUT2D eigenvalue weighted by Gasteiger charge is 2.35. The largest absolute Gasteiger partial charge is 0.493 e. The van der Waals surface area contributed by atoms with Crippen molar-refractivity contribution in [3.8, 4) is 17.2 Å². The monoisotopic (exact) mass is 309 g/mol. The molecule has 3 rings (SSSR count). The number of nitrogens with one attached hydrogen (secondary N) is 1. The lowest BCUT2D eigenvalue weighted by Crippen LogP contribution is -2.43. The molecule has 0 saturated heterocycles. The molecule has 1 heterocycles. The third-order valence-corrected chi connectivity index (χ3v) is 5.78. The molecule has 0 radical (unpaired) electrons. The Bertz CT molecular complexity index is 480. The van der Waals surface area contributed by atoms with Crippen molar-refractivity contribution in [1.29, 1.82) is 0 Å². The molecule has 0 unspecified atom stereocenters. The molecule has 2 aliphatic rings. The molecule has 1 saturated carbocycles. The molecule has 4 nitrogen and oxygen atoms in total. The van der Waals surface area contributed by atoms with Crippen LogP contribution in [0.3, 0.4) is 0 Å². The summed E-state index contributed by atoms with van der Waals surface area (Å²) in [6, 6.07) is 4.09. The fourth-order valence-corrected chi connectivity index (χ4v) is 3.83. The summed E-state index contributed by atoms with van der Waals surface area (Å²) in [4.78, 5) is 0. The van der Waals surface area contributed by atoms with Gasteiger partial charge in [-0.25, -0.2) is 0 Å². The Labute approximate surface area is 130 Å². The van der Waals surface area contributed by atoms with Crippen LogP contribution in [-0.4, -0.2) is 37.9 Å². The molecule has 0 bridgehead atoms. The number of hydrogen-bond donors (Lipinski definition) is 1. The van der Waals surface area contributed by atoms with Gasteiger partial charge in [-0.2, -0.15) is 11.8 Å². The van der Waals surface area contributed by atoms with Crippen molar-refractivity contribution in [3.63, 3.8) is 0 Å². The lowest BCUT2D eigenvalue weighted by molar-refractivity contribution is 0.165. The van der Waals surface area contributed by atoms with E-state index in [2.05, 4.69) is 17.6 Å². The van der Waals surface area contributed by atoms with Gasteiger partial charge in [-0.1, -0.05) is 6.42 Å². The highest BCUT2D eigenvalue weighted by molar-refractivity contribution is 8.00. The molecular weight excluding hydrogens is 286 g/mol. The molecule has 0 aromatic heterocycles. The number of hydrogen-bond acceptors (Lipinski definition) is 5. The average molecular weight is 309 g/mol. The van der Waals surface area contributed by atoms with Crippen LogP contribution in [0.4, 0.5) is 0 Å². The molecular formula is C16H23NO3S. The second kappa shape index (κ2) is 6.36. The number of ether oxygens (including phenoxy) is 3.